The first kappa shape index (κ1) is 15.9. The van der Waals surface area contributed by atoms with Crippen molar-refractivity contribution >= 4 is 11.9 Å². The third-order valence-corrected chi connectivity index (χ3v) is 2.74. The standard InChI is InChI=1S/C12H24N2O3/c1-4-6-7-9(10(15)16)14-11(17)12(3,13)8-5-2/h9H,4-8,13H2,1-3H3,(H,14,17)(H,15,16)/t9-,12?/m0/s1. The first-order chi connectivity index (χ1) is 7.85. The highest BCUT2D eigenvalue weighted by Gasteiger charge is 2.30. The van der Waals surface area contributed by atoms with E-state index < -0.39 is 17.6 Å². The predicted octanol–water partition coefficient (Wildman–Crippen LogP) is 1.26. The maximum Gasteiger partial charge on any atom is 0.326 e. The molecule has 1 unspecified atom stereocenters. The number of amides is 1. The van der Waals surface area contributed by atoms with Crippen LogP contribution in [0.5, 0.6) is 0 Å². The van der Waals surface area contributed by atoms with Crippen molar-refractivity contribution < 1.29 is 14.7 Å². The zero-order chi connectivity index (χ0) is 13.5. The van der Waals surface area contributed by atoms with E-state index in [0.717, 1.165) is 19.3 Å². The summed E-state index contributed by atoms with van der Waals surface area (Å²) < 4.78 is 0. The highest BCUT2D eigenvalue weighted by Crippen LogP contribution is 2.10. The first-order valence-electron chi connectivity index (χ1n) is 6.17. The van der Waals surface area contributed by atoms with Crippen molar-refractivity contribution in [3.63, 3.8) is 0 Å². The summed E-state index contributed by atoms with van der Waals surface area (Å²) in [5, 5.41) is 11.5. The minimum absolute atomic E-state index is 0.386. The molecule has 0 aliphatic rings. The molecule has 1 amide bonds. The molecule has 0 saturated heterocycles. The van der Waals surface area contributed by atoms with Crippen molar-refractivity contribution in [2.45, 2.75) is 64.5 Å². The summed E-state index contributed by atoms with van der Waals surface area (Å²) in [4.78, 5) is 22.8. The van der Waals surface area contributed by atoms with Gasteiger partial charge in [0.2, 0.25) is 5.91 Å². The number of hydrogen-bond donors (Lipinski definition) is 3. The Balaban J connectivity index is 4.44. The van der Waals surface area contributed by atoms with Crippen LogP contribution in [0.2, 0.25) is 0 Å². The maximum atomic E-state index is 11.8. The van der Waals surface area contributed by atoms with Gasteiger partial charge in [0.05, 0.1) is 5.54 Å². The Bertz CT molecular complexity index is 264. The predicted molar refractivity (Wildman–Crippen MR) is 66.6 cm³/mol. The average molecular weight is 244 g/mol. The number of carboxylic acid groups (broad SMARTS) is 1. The van der Waals surface area contributed by atoms with Crippen molar-refractivity contribution in [2.24, 2.45) is 5.73 Å². The number of aliphatic carboxylic acids is 1. The van der Waals surface area contributed by atoms with Gasteiger partial charge in [-0.15, -0.1) is 0 Å². The molecule has 0 saturated carbocycles. The van der Waals surface area contributed by atoms with Gasteiger partial charge < -0.3 is 16.2 Å². The van der Waals surface area contributed by atoms with Crippen molar-refractivity contribution in [2.75, 3.05) is 0 Å². The fourth-order valence-corrected chi connectivity index (χ4v) is 1.62. The van der Waals surface area contributed by atoms with Crippen molar-refractivity contribution in [1.82, 2.24) is 5.32 Å². The van der Waals surface area contributed by atoms with Gasteiger partial charge in [-0.1, -0.05) is 33.1 Å². The number of carbonyl (C=O) groups is 2. The molecule has 0 heterocycles. The van der Waals surface area contributed by atoms with Gasteiger partial charge in [-0.05, 0) is 19.8 Å². The highest BCUT2D eigenvalue weighted by atomic mass is 16.4. The molecule has 0 aliphatic heterocycles. The van der Waals surface area contributed by atoms with Gasteiger partial charge in [0, 0.05) is 0 Å². The molecular weight excluding hydrogens is 220 g/mol. The molecular formula is C12H24N2O3. The lowest BCUT2D eigenvalue weighted by Crippen LogP contribution is -2.55. The Hall–Kier alpha value is -1.10. The molecule has 0 fully saturated rings. The zero-order valence-corrected chi connectivity index (χ0v) is 11.0. The van der Waals surface area contributed by atoms with E-state index >= 15 is 0 Å². The van der Waals surface area contributed by atoms with Gasteiger partial charge >= 0.3 is 5.97 Å². The maximum absolute atomic E-state index is 11.8. The Labute approximate surface area is 103 Å². The normalized spacial score (nSPS) is 16.0. The molecule has 0 aliphatic carbocycles. The molecule has 4 N–H and O–H groups in total. The molecule has 0 spiro atoms. The Morgan fingerprint density at radius 2 is 1.94 bits per heavy atom. The molecule has 0 radical (unpaired) electrons. The second kappa shape index (κ2) is 7.27. The molecule has 5 heteroatoms. The molecule has 2 atom stereocenters. The highest BCUT2D eigenvalue weighted by molar-refractivity contribution is 5.89. The summed E-state index contributed by atoms with van der Waals surface area (Å²) in [7, 11) is 0. The molecule has 0 aromatic rings. The third kappa shape index (κ3) is 5.68. The van der Waals surface area contributed by atoms with E-state index in [2.05, 4.69) is 5.32 Å². The van der Waals surface area contributed by atoms with Crippen LogP contribution in [0.25, 0.3) is 0 Å². The average Bonchev–Trinajstić information content (AvgIpc) is 2.23. The van der Waals surface area contributed by atoms with Gasteiger partial charge in [-0.25, -0.2) is 4.79 Å². The SMILES string of the molecule is CCCC[C@H](NC(=O)C(C)(N)CCC)C(=O)O. The minimum Gasteiger partial charge on any atom is -0.480 e. The van der Waals surface area contributed by atoms with Crippen LogP contribution in [0.1, 0.15) is 52.9 Å². The summed E-state index contributed by atoms with van der Waals surface area (Å²) in [6, 6.07) is -0.831. The van der Waals surface area contributed by atoms with Crippen LogP contribution in [-0.2, 0) is 9.59 Å². The lowest BCUT2D eigenvalue weighted by Gasteiger charge is -2.25. The first-order valence-corrected chi connectivity index (χ1v) is 6.17. The van der Waals surface area contributed by atoms with Gasteiger partial charge in [0.25, 0.3) is 0 Å². The van der Waals surface area contributed by atoms with E-state index in [1.54, 1.807) is 6.92 Å². The molecule has 0 aromatic heterocycles. The van der Waals surface area contributed by atoms with Crippen LogP contribution < -0.4 is 11.1 Å². The van der Waals surface area contributed by atoms with Gasteiger partial charge in [-0.2, -0.15) is 0 Å². The topological polar surface area (TPSA) is 92.4 Å². The zero-order valence-electron chi connectivity index (χ0n) is 11.0. The van der Waals surface area contributed by atoms with E-state index in [1.807, 2.05) is 13.8 Å². The van der Waals surface area contributed by atoms with Crippen molar-refractivity contribution in [3.05, 3.63) is 0 Å². The summed E-state index contributed by atoms with van der Waals surface area (Å²) in [6.07, 6.45) is 3.44. The Kier molecular flexibility index (Phi) is 6.80. The van der Waals surface area contributed by atoms with Gasteiger partial charge in [0.15, 0.2) is 0 Å². The summed E-state index contributed by atoms with van der Waals surface area (Å²) in [5.41, 5.74) is 4.85. The summed E-state index contributed by atoms with van der Waals surface area (Å²) in [6.45, 7) is 5.54. The van der Waals surface area contributed by atoms with Crippen LogP contribution in [-0.4, -0.2) is 28.6 Å². The second-order valence-corrected chi connectivity index (χ2v) is 4.67. The molecule has 5 nitrogen and oxygen atoms in total. The largest absolute Gasteiger partial charge is 0.480 e. The quantitative estimate of drug-likeness (QED) is 0.599. The third-order valence-electron chi connectivity index (χ3n) is 2.74. The lowest BCUT2D eigenvalue weighted by molar-refractivity contribution is -0.142. The van der Waals surface area contributed by atoms with E-state index in [-0.39, 0.29) is 5.91 Å². The van der Waals surface area contributed by atoms with E-state index in [1.165, 1.54) is 0 Å². The van der Waals surface area contributed by atoms with Crippen molar-refractivity contribution in [3.8, 4) is 0 Å². The minimum atomic E-state index is -1.00. The Morgan fingerprint density at radius 1 is 1.35 bits per heavy atom. The molecule has 100 valence electrons. The van der Waals surface area contributed by atoms with E-state index in [9.17, 15) is 9.59 Å². The number of carboxylic acids is 1. The van der Waals surface area contributed by atoms with E-state index in [4.69, 9.17) is 10.8 Å². The number of nitrogens with one attached hydrogen (secondary N) is 1. The fourth-order valence-electron chi connectivity index (χ4n) is 1.62. The Morgan fingerprint density at radius 3 is 2.35 bits per heavy atom. The number of hydrogen-bond acceptors (Lipinski definition) is 3. The smallest absolute Gasteiger partial charge is 0.326 e. The summed E-state index contributed by atoms with van der Waals surface area (Å²) in [5.74, 6) is -1.39. The van der Waals surface area contributed by atoms with Crippen LogP contribution >= 0.6 is 0 Å². The van der Waals surface area contributed by atoms with Gasteiger partial charge in [-0.3, -0.25) is 4.79 Å². The number of nitrogens with two attached hydrogens (primary N) is 1. The number of carbonyl (C=O) groups excluding carboxylic acids is 1. The van der Waals surface area contributed by atoms with Crippen LogP contribution in [0.3, 0.4) is 0 Å². The summed E-state index contributed by atoms with van der Waals surface area (Å²) >= 11 is 0. The molecule has 0 aromatic carbocycles. The van der Waals surface area contributed by atoms with Crippen molar-refractivity contribution in [1.29, 1.82) is 0 Å². The number of rotatable bonds is 8. The lowest BCUT2D eigenvalue weighted by atomic mass is 9.95. The fraction of sp³-hybridized carbons (Fsp3) is 0.833. The molecule has 0 rings (SSSR count). The molecule has 0 bridgehead atoms. The van der Waals surface area contributed by atoms with Crippen LogP contribution in [0.15, 0.2) is 0 Å². The number of unbranched alkanes of at least 4 members (excludes halogenated alkanes) is 1. The van der Waals surface area contributed by atoms with Crippen LogP contribution in [0.4, 0.5) is 0 Å². The monoisotopic (exact) mass is 244 g/mol. The van der Waals surface area contributed by atoms with Crippen LogP contribution in [0, 0.1) is 0 Å². The van der Waals surface area contributed by atoms with Gasteiger partial charge in [0.1, 0.15) is 6.04 Å². The second-order valence-electron chi connectivity index (χ2n) is 4.67. The molecule has 17 heavy (non-hydrogen) atoms. The van der Waals surface area contributed by atoms with E-state index in [0.29, 0.717) is 12.8 Å².